The molecule has 3 N–H and O–H groups in total. The van der Waals surface area contributed by atoms with Crippen molar-refractivity contribution in [1.29, 1.82) is 0 Å². The zero-order valence-electron chi connectivity index (χ0n) is 57.9. The van der Waals surface area contributed by atoms with Crippen molar-refractivity contribution in [2.75, 3.05) is 39.6 Å². The molecular formula is C71H134O17P2. The monoisotopic (exact) mass is 1320 g/mol. The van der Waals surface area contributed by atoms with Crippen molar-refractivity contribution < 1.29 is 80.2 Å². The summed E-state index contributed by atoms with van der Waals surface area (Å²) in [7, 11) is -9.91. The number of allylic oxidation sites excluding steroid dienone is 4. The third-order valence-electron chi connectivity index (χ3n) is 16.2. The van der Waals surface area contributed by atoms with Crippen LogP contribution in [0, 0.1) is 11.8 Å². The van der Waals surface area contributed by atoms with E-state index in [1.54, 1.807) is 0 Å². The lowest BCUT2D eigenvalue weighted by molar-refractivity contribution is -0.161. The molecule has 3 unspecified atom stereocenters. The van der Waals surface area contributed by atoms with Crippen molar-refractivity contribution in [1.82, 2.24) is 0 Å². The summed E-state index contributed by atoms with van der Waals surface area (Å²) in [6.07, 6.45) is 50.9. The van der Waals surface area contributed by atoms with Crippen LogP contribution < -0.4 is 0 Å². The molecule has 90 heavy (non-hydrogen) atoms. The summed E-state index contributed by atoms with van der Waals surface area (Å²) in [6.45, 7) is 9.38. The molecular weight excluding hydrogens is 1190 g/mol. The molecule has 0 aromatic rings. The van der Waals surface area contributed by atoms with Gasteiger partial charge in [-0.2, -0.15) is 0 Å². The van der Waals surface area contributed by atoms with Crippen LogP contribution in [-0.4, -0.2) is 96.7 Å². The third-order valence-corrected chi connectivity index (χ3v) is 18.1. The molecule has 0 saturated carbocycles. The first-order chi connectivity index (χ1) is 43.4. The quantitative estimate of drug-likeness (QED) is 0.0169. The number of esters is 4. The van der Waals surface area contributed by atoms with Gasteiger partial charge in [0.25, 0.3) is 0 Å². The van der Waals surface area contributed by atoms with Crippen molar-refractivity contribution >= 4 is 39.5 Å². The van der Waals surface area contributed by atoms with E-state index < -0.39 is 97.5 Å². The SMILES string of the molecule is CCCCCC/C=C\C=C/CCCCCCCC(=O)O[C@H](COC(=O)CCCCCCCCCCCCCCCCC)COP(=O)(O)OC[C@@H](O)COP(=O)(O)OC[C@@H](COC(=O)CCCCCCCCC(C)CC)OC(=O)CCCCCCCCCC(C)C. The highest BCUT2D eigenvalue weighted by Crippen LogP contribution is 2.45. The Morgan fingerprint density at radius 2 is 0.656 bits per heavy atom. The summed E-state index contributed by atoms with van der Waals surface area (Å²) < 4.78 is 68.2. The van der Waals surface area contributed by atoms with E-state index in [4.69, 9.17) is 37.0 Å². The zero-order valence-corrected chi connectivity index (χ0v) is 59.7. The fourth-order valence-corrected chi connectivity index (χ4v) is 11.8. The van der Waals surface area contributed by atoms with Gasteiger partial charge in [-0.05, 0) is 63.2 Å². The predicted octanol–water partition coefficient (Wildman–Crippen LogP) is 19.9. The number of hydrogen-bond donors (Lipinski definition) is 3. The number of carbonyl (C=O) groups excluding carboxylic acids is 4. The minimum atomic E-state index is -4.96. The van der Waals surface area contributed by atoms with E-state index in [0.29, 0.717) is 31.6 Å². The van der Waals surface area contributed by atoms with Crippen LogP contribution in [0.5, 0.6) is 0 Å². The molecule has 17 nitrogen and oxygen atoms in total. The summed E-state index contributed by atoms with van der Waals surface area (Å²) >= 11 is 0. The lowest BCUT2D eigenvalue weighted by Gasteiger charge is -2.21. The van der Waals surface area contributed by atoms with Crippen molar-refractivity contribution in [2.24, 2.45) is 11.8 Å². The van der Waals surface area contributed by atoms with Crippen LogP contribution in [0.15, 0.2) is 24.3 Å². The summed E-state index contributed by atoms with van der Waals surface area (Å²) in [5.74, 6) is -0.734. The molecule has 0 aromatic heterocycles. The number of aliphatic hydroxyl groups excluding tert-OH is 1. The van der Waals surface area contributed by atoms with Gasteiger partial charge in [0.05, 0.1) is 26.4 Å². The Kier molecular flexibility index (Phi) is 60.9. The Hall–Kier alpha value is -2.46. The second-order valence-corrected chi connectivity index (χ2v) is 28.6. The van der Waals surface area contributed by atoms with Gasteiger partial charge in [0.15, 0.2) is 12.2 Å². The highest BCUT2D eigenvalue weighted by Gasteiger charge is 2.30. The molecule has 0 fully saturated rings. The average molecular weight is 1320 g/mol. The van der Waals surface area contributed by atoms with E-state index in [1.165, 1.54) is 135 Å². The standard InChI is InChI=1S/C71H134O17P2/c1-7-10-12-14-16-18-20-22-24-26-28-30-34-41-47-53-68(73)81-59-66(87-70(75)55-49-43-35-31-29-27-25-23-21-19-17-15-13-11-8-2)61-85-89(77,78)83-57-65(72)58-84-90(79,80)86-62-67(88-71(76)56-50-44-36-32-33-39-45-51-63(4)5)60-82-69(74)54-48-42-38-37-40-46-52-64(6)9-3/h19,21,23,25,63-67,72H,7-18,20,22,24,26-62H2,1-6H3,(H,77,78)(H,79,80)/b21-19-,25-23-/t64?,65-,66-,67-/m1/s1. The minimum absolute atomic E-state index is 0.0851. The van der Waals surface area contributed by atoms with Crippen LogP contribution in [0.2, 0.25) is 0 Å². The number of ether oxygens (including phenoxy) is 4. The number of unbranched alkanes of at least 4 members (excludes halogenated alkanes) is 34. The number of hydrogen-bond acceptors (Lipinski definition) is 15. The van der Waals surface area contributed by atoms with Crippen molar-refractivity contribution in [3.8, 4) is 0 Å². The fraction of sp³-hybridized carbons (Fsp3) is 0.887. The van der Waals surface area contributed by atoms with E-state index in [1.807, 2.05) is 0 Å². The van der Waals surface area contributed by atoms with Gasteiger partial charge >= 0.3 is 39.5 Å². The van der Waals surface area contributed by atoms with Gasteiger partial charge < -0.3 is 33.8 Å². The van der Waals surface area contributed by atoms with E-state index in [0.717, 1.165) is 115 Å². The lowest BCUT2D eigenvalue weighted by atomic mass is 10.00. The Balaban J connectivity index is 5.28. The van der Waals surface area contributed by atoms with Gasteiger partial charge in [-0.15, -0.1) is 0 Å². The van der Waals surface area contributed by atoms with Gasteiger partial charge in [0, 0.05) is 25.7 Å². The molecule has 0 aromatic carbocycles. The molecule has 0 radical (unpaired) electrons. The molecule has 530 valence electrons. The molecule has 0 rings (SSSR count). The maximum atomic E-state index is 13.0. The molecule has 19 heteroatoms. The number of carbonyl (C=O) groups is 4. The summed E-state index contributed by atoms with van der Waals surface area (Å²) in [5.41, 5.74) is 0. The van der Waals surface area contributed by atoms with E-state index >= 15 is 0 Å². The summed E-state index contributed by atoms with van der Waals surface area (Å²) in [5, 5.41) is 10.6. The normalized spacial score (nSPS) is 14.6. The maximum absolute atomic E-state index is 13.0. The first kappa shape index (κ1) is 87.5. The Morgan fingerprint density at radius 3 is 1.00 bits per heavy atom. The Labute approximate surface area is 548 Å². The zero-order chi connectivity index (χ0) is 66.5. The van der Waals surface area contributed by atoms with Gasteiger partial charge in [0.1, 0.15) is 19.3 Å². The average Bonchev–Trinajstić information content (AvgIpc) is 3.11. The number of rotatable bonds is 68. The maximum Gasteiger partial charge on any atom is 0.472 e. The summed E-state index contributed by atoms with van der Waals surface area (Å²) in [4.78, 5) is 72.5. The van der Waals surface area contributed by atoms with Gasteiger partial charge in [-0.25, -0.2) is 9.13 Å². The first-order valence-electron chi connectivity index (χ1n) is 36.3. The Morgan fingerprint density at radius 1 is 0.367 bits per heavy atom. The first-order valence-corrected chi connectivity index (χ1v) is 39.3. The van der Waals surface area contributed by atoms with Crippen LogP contribution in [0.25, 0.3) is 0 Å². The van der Waals surface area contributed by atoms with Crippen molar-refractivity contribution in [3.63, 3.8) is 0 Å². The molecule has 0 saturated heterocycles. The second kappa shape index (κ2) is 62.6. The number of phosphoric acid groups is 2. The fourth-order valence-electron chi connectivity index (χ4n) is 10.2. The number of phosphoric ester groups is 2. The molecule has 0 amide bonds. The molecule has 0 aliphatic carbocycles. The highest BCUT2D eigenvalue weighted by molar-refractivity contribution is 7.47. The second-order valence-electron chi connectivity index (χ2n) is 25.7. The molecule has 0 bridgehead atoms. The van der Waals surface area contributed by atoms with Crippen molar-refractivity contribution in [2.45, 2.75) is 355 Å². The topological polar surface area (TPSA) is 237 Å². The minimum Gasteiger partial charge on any atom is -0.462 e. The molecule has 6 atom stereocenters. The summed E-state index contributed by atoms with van der Waals surface area (Å²) in [6, 6.07) is 0. The predicted molar refractivity (Wildman–Crippen MR) is 363 cm³/mol. The smallest absolute Gasteiger partial charge is 0.462 e. The van der Waals surface area contributed by atoms with E-state index in [-0.39, 0.29) is 25.7 Å². The van der Waals surface area contributed by atoms with Gasteiger partial charge in [0.2, 0.25) is 0 Å². The van der Waals surface area contributed by atoms with Gasteiger partial charge in [-0.3, -0.25) is 37.3 Å². The largest absolute Gasteiger partial charge is 0.472 e. The van der Waals surface area contributed by atoms with Crippen LogP contribution in [0.4, 0.5) is 0 Å². The van der Waals surface area contributed by atoms with Crippen LogP contribution in [0.3, 0.4) is 0 Å². The van der Waals surface area contributed by atoms with Crippen molar-refractivity contribution in [3.05, 3.63) is 24.3 Å². The number of aliphatic hydroxyl groups is 1. The van der Waals surface area contributed by atoms with E-state index in [9.17, 15) is 43.2 Å². The highest BCUT2D eigenvalue weighted by atomic mass is 31.2. The van der Waals surface area contributed by atoms with Crippen LogP contribution in [-0.2, 0) is 65.4 Å². The molecule has 0 heterocycles. The molecule has 0 spiro atoms. The van der Waals surface area contributed by atoms with Crippen LogP contribution in [0.1, 0.15) is 337 Å². The molecule has 0 aliphatic heterocycles. The van der Waals surface area contributed by atoms with Crippen LogP contribution >= 0.6 is 15.6 Å². The molecule has 0 aliphatic rings. The third kappa shape index (κ3) is 63.0. The lowest BCUT2D eigenvalue weighted by Crippen LogP contribution is -2.30. The van der Waals surface area contributed by atoms with E-state index in [2.05, 4.69) is 65.8 Å². The van der Waals surface area contributed by atoms with Gasteiger partial charge in [-0.1, -0.05) is 284 Å². The Bertz CT molecular complexity index is 1850.